The fourth-order valence-corrected chi connectivity index (χ4v) is 2.75. The van der Waals surface area contributed by atoms with E-state index in [0.29, 0.717) is 6.61 Å². The first-order valence-electron chi connectivity index (χ1n) is 8.24. The van der Waals surface area contributed by atoms with Crippen LogP contribution in [-0.2, 0) is 13.1 Å². The van der Waals surface area contributed by atoms with Crippen LogP contribution in [0.4, 0.5) is 0 Å². The van der Waals surface area contributed by atoms with Crippen LogP contribution in [0.3, 0.4) is 0 Å². The van der Waals surface area contributed by atoms with E-state index < -0.39 is 0 Å². The van der Waals surface area contributed by atoms with Gasteiger partial charge in [0.15, 0.2) is 0 Å². The zero-order chi connectivity index (χ0) is 16.8. The minimum absolute atomic E-state index is 0.685. The van der Waals surface area contributed by atoms with Crippen LogP contribution >= 0.6 is 0 Å². The molecule has 0 radical (unpaired) electrons. The fraction of sp³-hybridized carbons (Fsp3) is 0.250. The Kier molecular flexibility index (Phi) is 5.29. The molecule has 0 aliphatic carbocycles. The van der Waals surface area contributed by atoms with Gasteiger partial charge in [-0.25, -0.2) is 4.68 Å². The Bertz CT molecular complexity index is 767. The molecule has 1 heterocycles. The summed E-state index contributed by atoms with van der Waals surface area (Å²) < 4.78 is 7.62. The summed E-state index contributed by atoms with van der Waals surface area (Å²) in [6.45, 7) is 4.38. The first-order valence-corrected chi connectivity index (χ1v) is 8.24. The van der Waals surface area contributed by atoms with Gasteiger partial charge >= 0.3 is 0 Å². The Morgan fingerprint density at radius 2 is 1.75 bits per heavy atom. The highest BCUT2D eigenvalue weighted by molar-refractivity contribution is 5.33. The van der Waals surface area contributed by atoms with Gasteiger partial charge in [-0.15, -0.1) is 0 Å². The summed E-state index contributed by atoms with van der Waals surface area (Å²) >= 11 is 0. The summed E-state index contributed by atoms with van der Waals surface area (Å²) in [5, 5.41) is 4.46. The maximum atomic E-state index is 5.71. The number of ether oxygens (including phenoxy) is 1. The minimum Gasteiger partial charge on any atom is -0.494 e. The number of hydrogen-bond donors (Lipinski definition) is 0. The van der Waals surface area contributed by atoms with Gasteiger partial charge in [-0.1, -0.05) is 36.4 Å². The highest BCUT2D eigenvalue weighted by Gasteiger charge is 2.08. The number of benzene rings is 2. The molecule has 0 aliphatic heterocycles. The highest BCUT2D eigenvalue weighted by Crippen LogP contribution is 2.20. The van der Waals surface area contributed by atoms with Crippen LogP contribution in [0, 0.1) is 0 Å². The van der Waals surface area contributed by atoms with E-state index in [1.807, 2.05) is 48.1 Å². The smallest absolute Gasteiger partial charge is 0.123 e. The van der Waals surface area contributed by atoms with Gasteiger partial charge in [0.2, 0.25) is 0 Å². The first-order chi connectivity index (χ1) is 11.8. The van der Waals surface area contributed by atoms with Crippen LogP contribution < -0.4 is 4.74 Å². The molecule has 1 aromatic heterocycles. The van der Waals surface area contributed by atoms with Crippen LogP contribution in [0.2, 0.25) is 0 Å². The normalized spacial score (nSPS) is 11.0. The Morgan fingerprint density at radius 1 is 1.00 bits per heavy atom. The van der Waals surface area contributed by atoms with Crippen LogP contribution in [0.1, 0.15) is 18.1 Å². The summed E-state index contributed by atoms with van der Waals surface area (Å²) in [5.74, 6) is 0.965. The Labute approximate surface area is 143 Å². The van der Waals surface area contributed by atoms with Gasteiger partial charge in [0, 0.05) is 30.4 Å². The second kappa shape index (κ2) is 7.79. The lowest BCUT2D eigenvalue weighted by Gasteiger charge is -2.18. The molecule has 0 spiro atoms. The molecule has 24 heavy (non-hydrogen) atoms. The number of para-hydroxylation sites is 2. The molecule has 4 heteroatoms. The van der Waals surface area contributed by atoms with Crippen molar-refractivity contribution in [2.45, 2.75) is 20.0 Å². The maximum Gasteiger partial charge on any atom is 0.123 e. The molecule has 0 fully saturated rings. The Morgan fingerprint density at radius 3 is 2.54 bits per heavy atom. The topological polar surface area (TPSA) is 30.3 Å². The van der Waals surface area contributed by atoms with Crippen LogP contribution in [0.25, 0.3) is 5.69 Å². The van der Waals surface area contributed by atoms with Crippen molar-refractivity contribution in [2.75, 3.05) is 13.7 Å². The summed E-state index contributed by atoms with van der Waals surface area (Å²) in [6.07, 6.45) is 4.01. The van der Waals surface area contributed by atoms with Crippen molar-refractivity contribution in [3.8, 4) is 11.4 Å². The third-order valence-electron chi connectivity index (χ3n) is 3.82. The SMILES string of the molecule is CCOc1ccccc1CN(C)Cc1cnn(-c2ccccc2)c1. The quantitative estimate of drug-likeness (QED) is 0.661. The zero-order valence-corrected chi connectivity index (χ0v) is 14.2. The highest BCUT2D eigenvalue weighted by atomic mass is 16.5. The zero-order valence-electron chi connectivity index (χ0n) is 14.2. The molecule has 2 aromatic carbocycles. The molecule has 0 amide bonds. The van der Waals surface area contributed by atoms with Gasteiger partial charge in [-0.2, -0.15) is 5.10 Å². The largest absolute Gasteiger partial charge is 0.494 e. The molecule has 0 aliphatic rings. The predicted molar refractivity (Wildman–Crippen MR) is 96.3 cm³/mol. The lowest BCUT2D eigenvalue weighted by Crippen LogP contribution is -2.17. The maximum absolute atomic E-state index is 5.71. The van der Waals surface area contributed by atoms with E-state index in [9.17, 15) is 0 Å². The van der Waals surface area contributed by atoms with Crippen molar-refractivity contribution < 1.29 is 4.74 Å². The average molecular weight is 321 g/mol. The van der Waals surface area contributed by atoms with Crippen molar-refractivity contribution in [3.05, 3.63) is 78.1 Å². The molecule has 0 N–H and O–H groups in total. The van der Waals surface area contributed by atoms with E-state index in [0.717, 1.165) is 24.5 Å². The summed E-state index contributed by atoms with van der Waals surface area (Å²) in [6, 6.07) is 18.4. The van der Waals surface area contributed by atoms with Gasteiger partial charge in [-0.05, 0) is 32.2 Å². The van der Waals surface area contributed by atoms with Gasteiger partial charge in [0.05, 0.1) is 18.5 Å². The van der Waals surface area contributed by atoms with Gasteiger partial charge in [0.1, 0.15) is 5.75 Å². The summed E-state index contributed by atoms with van der Waals surface area (Å²) in [5.41, 5.74) is 3.47. The lowest BCUT2D eigenvalue weighted by molar-refractivity contribution is 0.298. The van der Waals surface area contributed by atoms with Crippen LogP contribution in [0.15, 0.2) is 67.0 Å². The third kappa shape index (κ3) is 4.03. The molecule has 0 saturated heterocycles. The molecule has 4 nitrogen and oxygen atoms in total. The van der Waals surface area contributed by atoms with Crippen molar-refractivity contribution in [2.24, 2.45) is 0 Å². The van der Waals surface area contributed by atoms with Crippen molar-refractivity contribution in [3.63, 3.8) is 0 Å². The number of rotatable bonds is 7. The minimum atomic E-state index is 0.685. The molecule has 3 rings (SSSR count). The van der Waals surface area contributed by atoms with Crippen LogP contribution in [0.5, 0.6) is 5.75 Å². The van der Waals surface area contributed by atoms with E-state index in [4.69, 9.17) is 4.74 Å². The van der Waals surface area contributed by atoms with Crippen molar-refractivity contribution >= 4 is 0 Å². The van der Waals surface area contributed by atoms with E-state index in [1.165, 1.54) is 11.1 Å². The number of nitrogens with zero attached hydrogens (tertiary/aromatic N) is 3. The molecule has 124 valence electrons. The molecule has 0 saturated carbocycles. The predicted octanol–water partition coefficient (Wildman–Crippen LogP) is 3.90. The number of hydrogen-bond acceptors (Lipinski definition) is 3. The average Bonchev–Trinajstić information content (AvgIpc) is 3.06. The monoisotopic (exact) mass is 321 g/mol. The first kappa shape index (κ1) is 16.3. The van der Waals surface area contributed by atoms with E-state index in [2.05, 4.69) is 47.5 Å². The van der Waals surface area contributed by atoms with E-state index in [1.54, 1.807) is 0 Å². The van der Waals surface area contributed by atoms with Gasteiger partial charge < -0.3 is 4.74 Å². The Hall–Kier alpha value is -2.59. The molecule has 3 aromatic rings. The number of aromatic nitrogens is 2. The van der Waals surface area contributed by atoms with Crippen molar-refractivity contribution in [1.29, 1.82) is 0 Å². The van der Waals surface area contributed by atoms with Crippen LogP contribution in [-0.4, -0.2) is 28.3 Å². The fourth-order valence-electron chi connectivity index (χ4n) is 2.75. The molecule has 0 atom stereocenters. The third-order valence-corrected chi connectivity index (χ3v) is 3.82. The van der Waals surface area contributed by atoms with E-state index >= 15 is 0 Å². The second-order valence-electron chi connectivity index (χ2n) is 5.84. The van der Waals surface area contributed by atoms with Gasteiger partial charge in [-0.3, -0.25) is 4.90 Å². The second-order valence-corrected chi connectivity index (χ2v) is 5.84. The Balaban J connectivity index is 1.65. The molecular formula is C20H23N3O. The molecule has 0 bridgehead atoms. The summed E-state index contributed by atoms with van der Waals surface area (Å²) in [7, 11) is 2.11. The standard InChI is InChI=1S/C20H23N3O/c1-3-24-20-12-8-7-9-18(20)16-22(2)14-17-13-21-23(15-17)19-10-5-4-6-11-19/h4-13,15H,3,14,16H2,1-2H3. The lowest BCUT2D eigenvalue weighted by atomic mass is 10.2. The van der Waals surface area contributed by atoms with E-state index in [-0.39, 0.29) is 0 Å². The van der Waals surface area contributed by atoms with Crippen molar-refractivity contribution in [1.82, 2.24) is 14.7 Å². The van der Waals surface area contributed by atoms with Gasteiger partial charge in [0.25, 0.3) is 0 Å². The molecular weight excluding hydrogens is 298 g/mol. The molecule has 0 unspecified atom stereocenters. The summed E-state index contributed by atoms with van der Waals surface area (Å²) in [4.78, 5) is 2.27.